The van der Waals surface area contributed by atoms with Crippen molar-refractivity contribution >= 4 is 11.6 Å². The molecule has 0 spiro atoms. The molecule has 0 N–H and O–H groups in total. The molecular weight excluding hydrogens is 267 g/mol. The van der Waals surface area contributed by atoms with Crippen molar-refractivity contribution in [2.24, 2.45) is 0 Å². The van der Waals surface area contributed by atoms with E-state index in [4.69, 9.17) is 0 Å². The first-order chi connectivity index (χ1) is 9.51. The van der Waals surface area contributed by atoms with Crippen molar-refractivity contribution in [2.45, 2.75) is 6.92 Å². The van der Waals surface area contributed by atoms with Crippen molar-refractivity contribution in [2.75, 3.05) is 11.4 Å². The fraction of sp³-hybridized carbons (Fsp3) is 0.133. The summed E-state index contributed by atoms with van der Waals surface area (Å²) in [6.45, 7) is 2.01. The van der Waals surface area contributed by atoms with Gasteiger partial charge in [-0.1, -0.05) is 0 Å². The Morgan fingerprint density at radius 1 is 0.950 bits per heavy atom. The zero-order chi connectivity index (χ0) is 14.7. The van der Waals surface area contributed by atoms with Crippen LogP contribution >= 0.6 is 0 Å². The summed E-state index contributed by atoms with van der Waals surface area (Å²) in [6.07, 6.45) is 0. The molecule has 0 aliphatic carbocycles. The first-order valence-corrected chi connectivity index (χ1v) is 6.05. The largest absolute Gasteiger partial charge is 0.309 e. The van der Waals surface area contributed by atoms with Crippen LogP contribution in [0.4, 0.5) is 18.9 Å². The van der Waals surface area contributed by atoms with Crippen LogP contribution in [0.5, 0.6) is 0 Å². The molecule has 0 aromatic heterocycles. The Balaban J connectivity index is 2.36. The molecule has 1 amide bonds. The Morgan fingerprint density at radius 2 is 1.50 bits per heavy atom. The van der Waals surface area contributed by atoms with Gasteiger partial charge in [0.25, 0.3) is 5.91 Å². The highest BCUT2D eigenvalue weighted by Crippen LogP contribution is 2.18. The van der Waals surface area contributed by atoms with Gasteiger partial charge in [0.1, 0.15) is 17.5 Å². The van der Waals surface area contributed by atoms with Gasteiger partial charge in [0.2, 0.25) is 0 Å². The summed E-state index contributed by atoms with van der Waals surface area (Å²) >= 11 is 0. The molecule has 0 saturated heterocycles. The lowest BCUT2D eigenvalue weighted by molar-refractivity contribution is 0.0987. The summed E-state index contributed by atoms with van der Waals surface area (Å²) in [5.74, 6) is -2.60. The molecule has 0 bridgehead atoms. The number of anilines is 1. The van der Waals surface area contributed by atoms with E-state index >= 15 is 0 Å². The highest BCUT2D eigenvalue weighted by atomic mass is 19.1. The van der Waals surface area contributed by atoms with Gasteiger partial charge in [0, 0.05) is 23.9 Å². The monoisotopic (exact) mass is 279 g/mol. The number of carbonyl (C=O) groups is 1. The van der Waals surface area contributed by atoms with Gasteiger partial charge in [-0.05, 0) is 43.3 Å². The highest BCUT2D eigenvalue weighted by Gasteiger charge is 2.17. The molecule has 2 nitrogen and oxygen atoms in total. The lowest BCUT2D eigenvalue weighted by atomic mass is 10.1. The predicted molar refractivity (Wildman–Crippen MR) is 70.1 cm³/mol. The summed E-state index contributed by atoms with van der Waals surface area (Å²) in [5.41, 5.74) is 0.372. The van der Waals surface area contributed by atoms with E-state index in [0.29, 0.717) is 18.3 Å². The van der Waals surface area contributed by atoms with Crippen LogP contribution in [0.2, 0.25) is 0 Å². The Hall–Kier alpha value is -2.30. The van der Waals surface area contributed by atoms with Gasteiger partial charge in [-0.3, -0.25) is 4.79 Å². The zero-order valence-electron chi connectivity index (χ0n) is 10.7. The number of nitrogens with zero attached hydrogens (tertiary/aromatic N) is 1. The van der Waals surface area contributed by atoms with Crippen LogP contribution in [0, 0.1) is 17.5 Å². The van der Waals surface area contributed by atoms with Gasteiger partial charge in [0.05, 0.1) is 0 Å². The third-order valence-corrected chi connectivity index (χ3v) is 2.81. The molecular formula is C15H12F3NO. The number of rotatable bonds is 3. The molecule has 0 saturated carbocycles. The fourth-order valence-corrected chi connectivity index (χ4v) is 1.90. The van der Waals surface area contributed by atoms with Crippen LogP contribution in [0.15, 0.2) is 42.5 Å². The Morgan fingerprint density at radius 3 is 2.00 bits per heavy atom. The Kier molecular flexibility index (Phi) is 4.08. The second-order valence-electron chi connectivity index (χ2n) is 4.18. The molecule has 0 atom stereocenters. The van der Waals surface area contributed by atoms with E-state index in [0.717, 1.165) is 12.1 Å². The topological polar surface area (TPSA) is 20.3 Å². The molecule has 0 aliphatic rings. The Bertz CT molecular complexity index is 605. The SMILES string of the molecule is CCN(C(=O)c1cc(F)cc(F)c1)c1ccc(F)cc1. The minimum atomic E-state index is -0.816. The van der Waals surface area contributed by atoms with Gasteiger partial charge in [-0.25, -0.2) is 13.2 Å². The number of amides is 1. The van der Waals surface area contributed by atoms with Crippen molar-refractivity contribution in [1.82, 2.24) is 0 Å². The normalized spacial score (nSPS) is 10.4. The van der Waals surface area contributed by atoms with Gasteiger partial charge in [-0.15, -0.1) is 0 Å². The highest BCUT2D eigenvalue weighted by molar-refractivity contribution is 6.06. The number of carbonyl (C=O) groups excluding carboxylic acids is 1. The van der Waals surface area contributed by atoms with Crippen molar-refractivity contribution < 1.29 is 18.0 Å². The first kappa shape index (κ1) is 14.1. The van der Waals surface area contributed by atoms with Gasteiger partial charge in [0.15, 0.2) is 0 Å². The van der Waals surface area contributed by atoms with Gasteiger partial charge < -0.3 is 4.90 Å². The van der Waals surface area contributed by atoms with Gasteiger partial charge in [-0.2, -0.15) is 0 Å². The molecule has 0 aliphatic heterocycles. The smallest absolute Gasteiger partial charge is 0.258 e. The summed E-state index contributed by atoms with van der Waals surface area (Å²) in [4.78, 5) is 13.6. The average Bonchev–Trinajstić information content (AvgIpc) is 2.40. The molecule has 20 heavy (non-hydrogen) atoms. The van der Waals surface area contributed by atoms with E-state index in [1.54, 1.807) is 6.92 Å². The summed E-state index contributed by atoms with van der Waals surface area (Å²) in [6, 6.07) is 7.95. The summed E-state index contributed by atoms with van der Waals surface area (Å²) in [5, 5.41) is 0. The maximum absolute atomic E-state index is 13.2. The third-order valence-electron chi connectivity index (χ3n) is 2.81. The number of hydrogen-bond acceptors (Lipinski definition) is 1. The molecule has 5 heteroatoms. The molecule has 0 heterocycles. The van der Waals surface area contributed by atoms with Crippen LogP contribution in [0.25, 0.3) is 0 Å². The third kappa shape index (κ3) is 2.99. The number of hydrogen-bond donors (Lipinski definition) is 0. The second-order valence-corrected chi connectivity index (χ2v) is 4.18. The number of halogens is 3. The maximum Gasteiger partial charge on any atom is 0.258 e. The Labute approximate surface area is 114 Å². The van der Waals surface area contributed by atoms with Crippen LogP contribution in [0.1, 0.15) is 17.3 Å². The molecule has 0 radical (unpaired) electrons. The lowest BCUT2D eigenvalue weighted by Crippen LogP contribution is -2.30. The number of benzene rings is 2. The quantitative estimate of drug-likeness (QED) is 0.837. The van der Waals surface area contributed by atoms with E-state index in [1.807, 2.05) is 0 Å². The maximum atomic E-state index is 13.2. The molecule has 104 valence electrons. The molecule has 0 fully saturated rings. The van der Waals surface area contributed by atoms with E-state index in [-0.39, 0.29) is 5.56 Å². The minimum absolute atomic E-state index is 0.0892. The standard InChI is InChI=1S/C15H12F3NO/c1-2-19(14-5-3-11(16)4-6-14)15(20)10-7-12(17)9-13(18)8-10/h3-9H,2H2,1H3. The van der Waals surface area contributed by atoms with Crippen molar-refractivity contribution in [3.63, 3.8) is 0 Å². The van der Waals surface area contributed by atoms with Crippen LogP contribution < -0.4 is 4.90 Å². The summed E-state index contributed by atoms with van der Waals surface area (Å²) < 4.78 is 39.2. The fourth-order valence-electron chi connectivity index (χ4n) is 1.90. The van der Waals surface area contributed by atoms with Crippen LogP contribution in [-0.2, 0) is 0 Å². The molecule has 0 unspecified atom stereocenters. The van der Waals surface area contributed by atoms with E-state index in [9.17, 15) is 18.0 Å². The van der Waals surface area contributed by atoms with Crippen molar-refractivity contribution in [3.05, 3.63) is 65.5 Å². The second kappa shape index (κ2) is 5.77. The van der Waals surface area contributed by atoms with Crippen LogP contribution in [0.3, 0.4) is 0 Å². The van der Waals surface area contributed by atoms with E-state index in [1.165, 1.54) is 29.2 Å². The minimum Gasteiger partial charge on any atom is -0.309 e. The predicted octanol–water partition coefficient (Wildman–Crippen LogP) is 3.77. The van der Waals surface area contributed by atoms with E-state index in [2.05, 4.69) is 0 Å². The zero-order valence-corrected chi connectivity index (χ0v) is 10.7. The lowest BCUT2D eigenvalue weighted by Gasteiger charge is -2.21. The van der Waals surface area contributed by atoms with Crippen LogP contribution in [-0.4, -0.2) is 12.5 Å². The molecule has 2 rings (SSSR count). The van der Waals surface area contributed by atoms with Crippen molar-refractivity contribution in [3.8, 4) is 0 Å². The van der Waals surface area contributed by atoms with Crippen molar-refractivity contribution in [1.29, 1.82) is 0 Å². The molecule has 2 aromatic rings. The summed E-state index contributed by atoms with van der Waals surface area (Å²) in [7, 11) is 0. The van der Waals surface area contributed by atoms with Gasteiger partial charge >= 0.3 is 0 Å². The van der Waals surface area contributed by atoms with E-state index < -0.39 is 23.4 Å². The first-order valence-electron chi connectivity index (χ1n) is 6.05. The average molecular weight is 279 g/mol. The molecule has 2 aromatic carbocycles.